The molecule has 1 atom stereocenters. The van der Waals surface area contributed by atoms with Crippen LogP contribution in [0.25, 0.3) is 5.57 Å². The van der Waals surface area contributed by atoms with Gasteiger partial charge in [0.05, 0.1) is 36.2 Å². The van der Waals surface area contributed by atoms with Gasteiger partial charge in [0.15, 0.2) is 4.80 Å². The third-order valence-corrected chi connectivity index (χ3v) is 7.58. The summed E-state index contributed by atoms with van der Waals surface area (Å²) >= 11 is 1.16. The largest absolute Gasteiger partial charge is 0.496 e. The van der Waals surface area contributed by atoms with E-state index in [0.717, 1.165) is 29.0 Å². The standard InChI is InChI=1S/C28H27N3O5S/c1-5-15-30-19-13-9-7-11-17(19)22(25(30)32)24-26(33)31-23(18-12-8-10-14-20(18)35-4)21(27(34)36-6-2)16(3)29-28(31)37-24/h7-14,23H,5-6,15H2,1-4H3/b24-22-. The number of esters is 1. The summed E-state index contributed by atoms with van der Waals surface area (Å²) in [7, 11) is 1.54. The lowest BCUT2D eigenvalue weighted by Crippen LogP contribution is -2.41. The number of benzene rings is 2. The van der Waals surface area contributed by atoms with Gasteiger partial charge in [-0.2, -0.15) is 0 Å². The molecule has 5 rings (SSSR count). The van der Waals surface area contributed by atoms with Crippen LogP contribution in [0.4, 0.5) is 5.69 Å². The van der Waals surface area contributed by atoms with E-state index in [1.165, 1.54) is 4.57 Å². The lowest BCUT2D eigenvalue weighted by molar-refractivity contribution is -0.139. The summed E-state index contributed by atoms with van der Waals surface area (Å²) in [4.78, 5) is 47.7. The highest BCUT2D eigenvalue weighted by Crippen LogP contribution is 2.37. The van der Waals surface area contributed by atoms with E-state index in [9.17, 15) is 14.4 Å². The number of thiazole rings is 1. The van der Waals surface area contributed by atoms with Crippen LogP contribution in [0, 0.1) is 0 Å². The smallest absolute Gasteiger partial charge is 0.338 e. The number of para-hydroxylation sites is 2. The van der Waals surface area contributed by atoms with Crippen molar-refractivity contribution in [2.24, 2.45) is 4.99 Å². The monoisotopic (exact) mass is 517 g/mol. The molecule has 2 aliphatic heterocycles. The topological polar surface area (TPSA) is 90.2 Å². The minimum absolute atomic E-state index is 0.182. The molecule has 0 saturated carbocycles. The number of allylic oxidation sites excluding steroid dienone is 1. The fourth-order valence-electron chi connectivity index (χ4n) is 4.97. The second-order valence-electron chi connectivity index (χ2n) is 8.71. The summed E-state index contributed by atoms with van der Waals surface area (Å²) in [5.41, 5.74) is 2.85. The molecule has 0 saturated heterocycles. The molecule has 0 aliphatic carbocycles. The number of hydrogen-bond donors (Lipinski definition) is 0. The molecule has 8 nitrogen and oxygen atoms in total. The number of nitrogens with zero attached hydrogens (tertiary/aromatic N) is 3. The number of carbonyl (C=O) groups is 2. The van der Waals surface area contributed by atoms with Gasteiger partial charge in [0.25, 0.3) is 11.5 Å². The molecule has 37 heavy (non-hydrogen) atoms. The Bertz CT molecular complexity index is 1630. The summed E-state index contributed by atoms with van der Waals surface area (Å²) in [5.74, 6) is -0.226. The Balaban J connectivity index is 1.83. The quantitative estimate of drug-likeness (QED) is 0.469. The van der Waals surface area contributed by atoms with Gasteiger partial charge in [-0.05, 0) is 32.4 Å². The minimum Gasteiger partial charge on any atom is -0.496 e. The molecule has 1 amide bonds. The second kappa shape index (κ2) is 9.82. The minimum atomic E-state index is -0.820. The predicted octanol–water partition coefficient (Wildman–Crippen LogP) is 2.93. The van der Waals surface area contributed by atoms with E-state index in [2.05, 4.69) is 4.99 Å². The Hall–Kier alpha value is -3.98. The van der Waals surface area contributed by atoms with E-state index >= 15 is 0 Å². The first kappa shape index (κ1) is 24.7. The molecule has 2 aromatic carbocycles. The number of ether oxygens (including phenoxy) is 2. The molecule has 3 heterocycles. The Kier molecular flexibility index (Phi) is 6.55. The highest BCUT2D eigenvalue weighted by molar-refractivity contribution is 7.07. The highest BCUT2D eigenvalue weighted by atomic mass is 32.1. The third-order valence-electron chi connectivity index (χ3n) is 6.52. The van der Waals surface area contributed by atoms with Crippen molar-refractivity contribution in [1.29, 1.82) is 0 Å². The number of rotatable bonds is 6. The number of methoxy groups -OCH3 is 1. The number of hydrogen-bond acceptors (Lipinski definition) is 7. The van der Waals surface area contributed by atoms with Crippen molar-refractivity contribution in [3.63, 3.8) is 0 Å². The summed E-state index contributed by atoms with van der Waals surface area (Å²) in [6.45, 7) is 6.20. The summed E-state index contributed by atoms with van der Waals surface area (Å²) in [5, 5.41) is 0. The molecule has 2 aliphatic rings. The number of fused-ring (bicyclic) bond motifs is 2. The number of anilines is 1. The van der Waals surface area contributed by atoms with Crippen LogP contribution >= 0.6 is 11.3 Å². The van der Waals surface area contributed by atoms with Crippen LogP contribution in [0.1, 0.15) is 44.4 Å². The molecule has 9 heteroatoms. The third kappa shape index (κ3) is 3.90. The van der Waals surface area contributed by atoms with Gasteiger partial charge in [-0.15, -0.1) is 0 Å². The molecule has 0 N–H and O–H groups in total. The first-order chi connectivity index (χ1) is 17.9. The molecule has 3 aromatic rings. The van der Waals surface area contributed by atoms with E-state index in [-0.39, 0.29) is 23.6 Å². The van der Waals surface area contributed by atoms with Gasteiger partial charge in [0.1, 0.15) is 16.3 Å². The Labute approximate surface area is 217 Å². The van der Waals surface area contributed by atoms with Gasteiger partial charge in [0.2, 0.25) is 0 Å². The molecule has 1 aromatic heterocycles. The zero-order valence-corrected chi connectivity index (χ0v) is 21.9. The highest BCUT2D eigenvalue weighted by Gasteiger charge is 2.37. The van der Waals surface area contributed by atoms with Crippen molar-refractivity contribution in [3.8, 4) is 5.75 Å². The lowest BCUT2D eigenvalue weighted by atomic mass is 9.95. The molecule has 0 fully saturated rings. The Morgan fingerprint density at radius 1 is 1.08 bits per heavy atom. The normalized spacial score (nSPS) is 17.9. The summed E-state index contributed by atoms with van der Waals surface area (Å²) < 4.78 is 12.8. The van der Waals surface area contributed by atoms with Gasteiger partial charge < -0.3 is 14.4 Å². The van der Waals surface area contributed by atoms with Gasteiger partial charge in [-0.25, -0.2) is 9.79 Å². The van der Waals surface area contributed by atoms with Crippen LogP contribution in [0.15, 0.2) is 69.6 Å². The summed E-state index contributed by atoms with van der Waals surface area (Å²) in [6, 6.07) is 13.9. The van der Waals surface area contributed by atoms with Gasteiger partial charge in [-0.3, -0.25) is 14.2 Å². The molecule has 0 bridgehead atoms. The van der Waals surface area contributed by atoms with Gasteiger partial charge >= 0.3 is 5.97 Å². The van der Waals surface area contributed by atoms with Crippen molar-refractivity contribution < 1.29 is 19.1 Å². The molecule has 0 radical (unpaired) electrons. The van der Waals surface area contributed by atoms with Crippen LogP contribution in [-0.2, 0) is 14.3 Å². The zero-order valence-electron chi connectivity index (χ0n) is 21.1. The van der Waals surface area contributed by atoms with Crippen LogP contribution < -0.4 is 24.5 Å². The van der Waals surface area contributed by atoms with Gasteiger partial charge in [0, 0.05) is 17.7 Å². The summed E-state index contributed by atoms with van der Waals surface area (Å²) in [6.07, 6.45) is 0.782. The average molecular weight is 518 g/mol. The zero-order chi connectivity index (χ0) is 26.3. The maximum atomic E-state index is 14.1. The SMILES string of the molecule is CCCN1C(=O)/C(=c2\sc3n(c2=O)C(c2ccccc2OC)C(C(=O)OCC)=C(C)N=3)c2ccccc21. The Morgan fingerprint density at radius 2 is 1.81 bits per heavy atom. The molecule has 1 unspecified atom stereocenters. The van der Waals surface area contributed by atoms with Crippen molar-refractivity contribution in [2.45, 2.75) is 33.2 Å². The predicted molar refractivity (Wildman–Crippen MR) is 141 cm³/mol. The van der Waals surface area contributed by atoms with Crippen molar-refractivity contribution in [2.75, 3.05) is 25.2 Å². The fraction of sp³-hybridized carbons (Fsp3) is 0.286. The Morgan fingerprint density at radius 3 is 2.54 bits per heavy atom. The maximum absolute atomic E-state index is 14.1. The van der Waals surface area contributed by atoms with Crippen LogP contribution in [0.2, 0.25) is 0 Å². The van der Waals surface area contributed by atoms with E-state index in [1.54, 1.807) is 31.9 Å². The van der Waals surface area contributed by atoms with Crippen LogP contribution in [-0.4, -0.2) is 36.7 Å². The first-order valence-corrected chi connectivity index (χ1v) is 13.0. The molecular weight excluding hydrogens is 490 g/mol. The number of amides is 1. The maximum Gasteiger partial charge on any atom is 0.338 e. The van der Waals surface area contributed by atoms with Crippen LogP contribution in [0.5, 0.6) is 5.75 Å². The number of aromatic nitrogens is 1. The molecule has 0 spiro atoms. The fourth-order valence-corrected chi connectivity index (χ4v) is 6.11. The van der Waals surface area contributed by atoms with E-state index in [1.807, 2.05) is 49.4 Å². The van der Waals surface area contributed by atoms with Crippen molar-refractivity contribution in [3.05, 3.63) is 90.6 Å². The average Bonchev–Trinajstić information content (AvgIpc) is 3.36. The second-order valence-corrected chi connectivity index (χ2v) is 9.69. The number of carbonyl (C=O) groups excluding carboxylic acids is 2. The van der Waals surface area contributed by atoms with Crippen molar-refractivity contribution in [1.82, 2.24) is 4.57 Å². The van der Waals surface area contributed by atoms with E-state index < -0.39 is 12.0 Å². The first-order valence-electron chi connectivity index (χ1n) is 12.2. The van der Waals surface area contributed by atoms with E-state index in [4.69, 9.17) is 9.47 Å². The van der Waals surface area contributed by atoms with Gasteiger partial charge in [-0.1, -0.05) is 54.7 Å². The molecule has 190 valence electrons. The van der Waals surface area contributed by atoms with Crippen molar-refractivity contribution >= 4 is 34.5 Å². The lowest BCUT2D eigenvalue weighted by Gasteiger charge is -2.25. The van der Waals surface area contributed by atoms with Crippen LogP contribution in [0.3, 0.4) is 0 Å². The van der Waals surface area contributed by atoms with E-state index in [0.29, 0.717) is 38.5 Å². The molecular formula is C28H27N3O5S.